The molecule has 1 fully saturated rings. The Labute approximate surface area is 214 Å². The zero-order valence-corrected chi connectivity index (χ0v) is 22.0. The lowest BCUT2D eigenvalue weighted by atomic mass is 9.93. The zero-order valence-electron chi connectivity index (χ0n) is 22.0. The molecule has 3 rings (SSSR count). The minimum absolute atomic E-state index is 0.110. The molecule has 1 saturated heterocycles. The van der Waals surface area contributed by atoms with Crippen LogP contribution in [0.1, 0.15) is 56.3 Å². The fourth-order valence-corrected chi connectivity index (χ4v) is 4.60. The molecule has 1 atom stereocenters. The molecule has 36 heavy (non-hydrogen) atoms. The van der Waals surface area contributed by atoms with Gasteiger partial charge in [0, 0.05) is 12.1 Å². The molecule has 7 nitrogen and oxygen atoms in total. The Morgan fingerprint density at radius 1 is 1.03 bits per heavy atom. The number of aliphatic hydroxyl groups excluding tert-OH is 1. The number of Topliss-reactive ketones (excluding diaryl/α,β-unsaturated/α-hetero) is 1. The van der Waals surface area contributed by atoms with Gasteiger partial charge in [0.25, 0.3) is 11.7 Å². The number of rotatable bonds is 12. The van der Waals surface area contributed by atoms with Crippen molar-refractivity contribution in [3.05, 3.63) is 64.7 Å². The van der Waals surface area contributed by atoms with Gasteiger partial charge in [0.2, 0.25) is 0 Å². The highest BCUT2D eigenvalue weighted by Crippen LogP contribution is 2.40. The lowest BCUT2D eigenvalue weighted by molar-refractivity contribution is -0.140. The first-order chi connectivity index (χ1) is 17.4. The van der Waals surface area contributed by atoms with Crippen molar-refractivity contribution in [3.8, 4) is 11.5 Å². The van der Waals surface area contributed by atoms with Gasteiger partial charge in [0.15, 0.2) is 0 Å². The number of benzene rings is 2. The lowest BCUT2D eigenvalue weighted by Crippen LogP contribution is -2.33. The largest absolute Gasteiger partial charge is 0.507 e. The first-order valence-electron chi connectivity index (χ1n) is 12.7. The maximum absolute atomic E-state index is 13.3. The van der Waals surface area contributed by atoms with E-state index in [1.807, 2.05) is 32.0 Å². The molecule has 0 radical (unpaired) electrons. The number of carbonyl (C=O) groups excluding carboxylic acids is 2. The molecular weight excluding hydrogens is 456 g/mol. The summed E-state index contributed by atoms with van der Waals surface area (Å²) in [5.74, 6) is -0.0375. The Balaban J connectivity index is 2.03. The summed E-state index contributed by atoms with van der Waals surface area (Å²) in [4.78, 5) is 30.4. The van der Waals surface area contributed by atoms with Gasteiger partial charge < -0.3 is 24.4 Å². The fraction of sp³-hybridized carbons (Fsp3) is 0.448. The molecule has 194 valence electrons. The van der Waals surface area contributed by atoms with E-state index >= 15 is 0 Å². The van der Waals surface area contributed by atoms with Gasteiger partial charge in [-0.05, 0) is 80.9 Å². The van der Waals surface area contributed by atoms with Crippen LogP contribution in [0, 0.1) is 6.92 Å². The maximum Gasteiger partial charge on any atom is 0.295 e. The number of amides is 1. The highest BCUT2D eigenvalue weighted by Gasteiger charge is 2.46. The Kier molecular flexibility index (Phi) is 9.53. The Bertz CT molecular complexity index is 1090. The van der Waals surface area contributed by atoms with Gasteiger partial charge in [-0.3, -0.25) is 9.59 Å². The molecule has 0 aromatic heterocycles. The van der Waals surface area contributed by atoms with Crippen molar-refractivity contribution < 1.29 is 24.2 Å². The lowest BCUT2D eigenvalue weighted by Gasteiger charge is -2.27. The molecule has 1 heterocycles. The molecule has 1 N–H and O–H groups in total. The van der Waals surface area contributed by atoms with Gasteiger partial charge in [0.05, 0.1) is 25.3 Å². The molecular formula is C29H38N2O5. The number of ketones is 1. The van der Waals surface area contributed by atoms with Crippen LogP contribution >= 0.6 is 0 Å². The number of nitrogens with zero attached hydrogens (tertiary/aromatic N) is 2. The van der Waals surface area contributed by atoms with Crippen LogP contribution in [-0.4, -0.2) is 66.5 Å². The second-order valence-electron chi connectivity index (χ2n) is 8.97. The highest BCUT2D eigenvalue weighted by molar-refractivity contribution is 6.46. The second-order valence-corrected chi connectivity index (χ2v) is 8.97. The smallest absolute Gasteiger partial charge is 0.295 e. The van der Waals surface area contributed by atoms with Crippen molar-refractivity contribution >= 4 is 17.4 Å². The van der Waals surface area contributed by atoms with E-state index in [0.717, 1.165) is 43.6 Å². The summed E-state index contributed by atoms with van der Waals surface area (Å²) < 4.78 is 11.0. The Morgan fingerprint density at radius 2 is 1.69 bits per heavy atom. The third kappa shape index (κ3) is 5.90. The number of aryl methyl sites for hydroxylation is 1. The molecule has 2 aromatic carbocycles. The van der Waals surface area contributed by atoms with Crippen LogP contribution in [0.25, 0.3) is 5.76 Å². The quantitative estimate of drug-likeness (QED) is 0.256. The first-order valence-corrected chi connectivity index (χ1v) is 12.7. The van der Waals surface area contributed by atoms with E-state index in [9.17, 15) is 14.7 Å². The van der Waals surface area contributed by atoms with Gasteiger partial charge in [-0.15, -0.1) is 0 Å². The summed E-state index contributed by atoms with van der Waals surface area (Å²) in [5, 5.41) is 11.4. The minimum Gasteiger partial charge on any atom is -0.507 e. The summed E-state index contributed by atoms with van der Waals surface area (Å²) in [7, 11) is 1.59. The average Bonchev–Trinajstić information content (AvgIpc) is 3.14. The van der Waals surface area contributed by atoms with Gasteiger partial charge in [-0.25, -0.2) is 0 Å². The van der Waals surface area contributed by atoms with E-state index in [1.54, 1.807) is 36.3 Å². The molecule has 7 heteroatoms. The summed E-state index contributed by atoms with van der Waals surface area (Å²) in [6.07, 6.45) is 1.62. The fourth-order valence-electron chi connectivity index (χ4n) is 4.60. The third-order valence-corrected chi connectivity index (χ3v) is 6.67. The summed E-state index contributed by atoms with van der Waals surface area (Å²) in [6.45, 7) is 11.8. The molecule has 2 aromatic rings. The third-order valence-electron chi connectivity index (χ3n) is 6.67. The predicted octanol–water partition coefficient (Wildman–Crippen LogP) is 4.95. The van der Waals surface area contributed by atoms with E-state index in [-0.39, 0.29) is 11.3 Å². The van der Waals surface area contributed by atoms with Crippen molar-refractivity contribution in [2.45, 2.75) is 46.6 Å². The van der Waals surface area contributed by atoms with Crippen LogP contribution < -0.4 is 9.47 Å². The van der Waals surface area contributed by atoms with E-state index in [4.69, 9.17) is 9.47 Å². The van der Waals surface area contributed by atoms with Gasteiger partial charge >= 0.3 is 0 Å². The predicted molar refractivity (Wildman–Crippen MR) is 141 cm³/mol. The summed E-state index contributed by atoms with van der Waals surface area (Å²) in [6, 6.07) is 12.0. The van der Waals surface area contributed by atoms with Crippen LogP contribution in [0.5, 0.6) is 11.5 Å². The first kappa shape index (κ1) is 27.3. The Hall–Kier alpha value is -3.32. The van der Waals surface area contributed by atoms with Crippen molar-refractivity contribution in [2.24, 2.45) is 0 Å². The number of carbonyl (C=O) groups is 2. The standard InChI is InChI=1S/C29H38N2O5/c1-6-18-36-23-14-15-24(20(4)19-23)27(32)25-26(21-10-12-22(35-5)13-11-21)31(29(34)28(25)33)17-9-16-30(7-2)8-3/h10-15,19,26,32H,6-9,16-18H2,1-5H3/t26-/m0/s1. The number of aliphatic hydroxyl groups is 1. The summed E-state index contributed by atoms with van der Waals surface area (Å²) in [5.41, 5.74) is 2.14. The van der Waals surface area contributed by atoms with Crippen LogP contribution in [0.2, 0.25) is 0 Å². The van der Waals surface area contributed by atoms with Crippen LogP contribution in [0.3, 0.4) is 0 Å². The number of likely N-dealkylation sites (tertiary alicyclic amines) is 1. The molecule has 0 saturated carbocycles. The molecule has 1 aliphatic heterocycles. The summed E-state index contributed by atoms with van der Waals surface area (Å²) >= 11 is 0. The maximum atomic E-state index is 13.3. The normalized spacial score (nSPS) is 17.2. The van der Waals surface area contributed by atoms with E-state index in [0.29, 0.717) is 30.2 Å². The molecule has 1 amide bonds. The van der Waals surface area contributed by atoms with Crippen molar-refractivity contribution in [1.82, 2.24) is 9.80 Å². The van der Waals surface area contributed by atoms with Crippen molar-refractivity contribution in [2.75, 3.05) is 39.9 Å². The SMILES string of the molecule is CCCOc1ccc(C(O)=C2C(=O)C(=O)N(CCCN(CC)CC)[C@H]2c2ccc(OC)cc2)c(C)c1. The number of ether oxygens (including phenoxy) is 2. The highest BCUT2D eigenvalue weighted by atomic mass is 16.5. The zero-order chi connectivity index (χ0) is 26.2. The molecule has 0 aliphatic carbocycles. The van der Waals surface area contributed by atoms with Crippen LogP contribution in [0.15, 0.2) is 48.0 Å². The van der Waals surface area contributed by atoms with Crippen molar-refractivity contribution in [3.63, 3.8) is 0 Å². The van der Waals surface area contributed by atoms with Crippen LogP contribution in [0.4, 0.5) is 0 Å². The molecule has 0 bridgehead atoms. The van der Waals surface area contributed by atoms with E-state index in [1.165, 1.54) is 0 Å². The average molecular weight is 495 g/mol. The molecule has 0 unspecified atom stereocenters. The van der Waals surface area contributed by atoms with Crippen LogP contribution in [-0.2, 0) is 9.59 Å². The molecule has 0 spiro atoms. The van der Waals surface area contributed by atoms with Gasteiger partial charge in [-0.2, -0.15) is 0 Å². The number of hydrogen-bond acceptors (Lipinski definition) is 6. The number of hydrogen-bond donors (Lipinski definition) is 1. The van der Waals surface area contributed by atoms with E-state index < -0.39 is 17.7 Å². The van der Waals surface area contributed by atoms with E-state index in [2.05, 4.69) is 18.7 Å². The monoisotopic (exact) mass is 494 g/mol. The number of methoxy groups -OCH3 is 1. The topological polar surface area (TPSA) is 79.3 Å². The molecule has 1 aliphatic rings. The van der Waals surface area contributed by atoms with Gasteiger partial charge in [-0.1, -0.05) is 32.9 Å². The minimum atomic E-state index is -0.678. The second kappa shape index (κ2) is 12.6. The Morgan fingerprint density at radius 3 is 2.28 bits per heavy atom. The van der Waals surface area contributed by atoms with Gasteiger partial charge in [0.1, 0.15) is 17.3 Å². The van der Waals surface area contributed by atoms with Crippen molar-refractivity contribution in [1.29, 1.82) is 0 Å².